The summed E-state index contributed by atoms with van der Waals surface area (Å²) in [4.78, 5) is 15.5. The van der Waals surface area contributed by atoms with Gasteiger partial charge in [0.2, 0.25) is 0 Å². The van der Waals surface area contributed by atoms with Gasteiger partial charge in [-0.3, -0.25) is 4.57 Å². The van der Waals surface area contributed by atoms with E-state index in [1.165, 1.54) is 94.4 Å². The zero-order chi connectivity index (χ0) is 18.7. The zero-order valence-electron chi connectivity index (χ0n) is 16.8. The molecule has 148 valence electrons. The maximum absolute atomic E-state index is 11.7. The van der Waals surface area contributed by atoms with Gasteiger partial charge in [0.05, 0.1) is 0 Å². The Hall–Kier alpha value is -1.58. The summed E-state index contributed by atoms with van der Waals surface area (Å²) in [5.74, 6) is 0. The van der Waals surface area contributed by atoms with Gasteiger partial charge in [0.1, 0.15) is 6.33 Å². The molecule has 0 atom stereocenters. The van der Waals surface area contributed by atoms with Gasteiger partial charge < -0.3 is 5.32 Å². The van der Waals surface area contributed by atoms with E-state index < -0.39 is 0 Å². The van der Waals surface area contributed by atoms with E-state index in [0.717, 1.165) is 13.0 Å². The second kappa shape index (κ2) is 16.9. The average molecular weight is 362 g/mol. The molecule has 1 aromatic rings. The molecule has 0 aliphatic carbocycles. The first-order valence-corrected chi connectivity index (χ1v) is 10.8. The molecule has 0 aromatic carbocycles. The molecule has 0 fully saturated rings. The van der Waals surface area contributed by atoms with Crippen molar-refractivity contribution in [1.82, 2.24) is 14.9 Å². The summed E-state index contributed by atoms with van der Waals surface area (Å²) in [6, 6.07) is -0.0877. The molecule has 1 aromatic heterocycles. The van der Waals surface area contributed by atoms with Crippen molar-refractivity contribution in [3.63, 3.8) is 0 Å². The van der Waals surface area contributed by atoms with Gasteiger partial charge in [-0.25, -0.2) is 9.78 Å². The summed E-state index contributed by atoms with van der Waals surface area (Å²) in [7, 11) is 0. The number of carbonyl (C=O) groups excluding carboxylic acids is 1. The van der Waals surface area contributed by atoms with E-state index in [2.05, 4.69) is 29.4 Å². The van der Waals surface area contributed by atoms with Crippen molar-refractivity contribution in [2.75, 3.05) is 6.54 Å². The summed E-state index contributed by atoms with van der Waals surface area (Å²) >= 11 is 0. The number of imidazole rings is 1. The normalized spacial score (nSPS) is 11.3. The van der Waals surface area contributed by atoms with Crippen LogP contribution in [0.4, 0.5) is 4.79 Å². The lowest BCUT2D eigenvalue weighted by Gasteiger charge is -2.05. The van der Waals surface area contributed by atoms with Crippen LogP contribution in [0.25, 0.3) is 0 Å². The molecule has 1 amide bonds. The fraction of sp³-hybridized carbons (Fsp3) is 0.727. The van der Waals surface area contributed by atoms with Crippen LogP contribution in [0.1, 0.15) is 96.8 Å². The van der Waals surface area contributed by atoms with E-state index >= 15 is 0 Å². The molecule has 0 saturated heterocycles. The van der Waals surface area contributed by atoms with Crippen LogP contribution < -0.4 is 5.32 Å². The molecule has 26 heavy (non-hydrogen) atoms. The molecule has 1 rings (SSSR count). The zero-order valence-corrected chi connectivity index (χ0v) is 16.8. The number of nitrogens with one attached hydrogen (secondary N) is 1. The number of unbranched alkanes of at least 4 members (excludes halogenated alkanes) is 12. The van der Waals surface area contributed by atoms with Gasteiger partial charge in [-0.1, -0.05) is 76.9 Å². The molecule has 0 radical (unpaired) electrons. The molecular weight excluding hydrogens is 322 g/mol. The van der Waals surface area contributed by atoms with Gasteiger partial charge in [-0.15, -0.1) is 0 Å². The predicted molar refractivity (Wildman–Crippen MR) is 110 cm³/mol. The van der Waals surface area contributed by atoms with Gasteiger partial charge in [0.25, 0.3) is 0 Å². The molecule has 0 bridgehead atoms. The Balaban J connectivity index is 1.76. The summed E-state index contributed by atoms with van der Waals surface area (Å²) < 4.78 is 1.47. The summed E-state index contributed by atoms with van der Waals surface area (Å²) in [6.45, 7) is 3.02. The minimum absolute atomic E-state index is 0.0877. The summed E-state index contributed by atoms with van der Waals surface area (Å²) in [6.07, 6.45) is 27.8. The van der Waals surface area contributed by atoms with Gasteiger partial charge >= 0.3 is 6.03 Å². The van der Waals surface area contributed by atoms with E-state index in [1.54, 1.807) is 12.4 Å². The number of aromatic nitrogens is 2. The molecule has 4 nitrogen and oxygen atoms in total. The smallest absolute Gasteiger partial charge is 0.326 e. The maximum Gasteiger partial charge on any atom is 0.326 e. The highest BCUT2D eigenvalue weighted by Gasteiger charge is 2.01. The van der Waals surface area contributed by atoms with Crippen molar-refractivity contribution in [2.45, 2.75) is 96.8 Å². The second-order valence-electron chi connectivity index (χ2n) is 7.14. The minimum Gasteiger partial charge on any atom is -0.337 e. The van der Waals surface area contributed by atoms with Crippen molar-refractivity contribution in [2.24, 2.45) is 0 Å². The molecule has 1 N–H and O–H groups in total. The Kier molecular flexibility index (Phi) is 14.6. The molecule has 1 heterocycles. The molecule has 4 heteroatoms. The topological polar surface area (TPSA) is 46.9 Å². The van der Waals surface area contributed by atoms with Gasteiger partial charge in [0.15, 0.2) is 0 Å². The molecule has 0 saturated carbocycles. The number of nitrogens with zero attached hydrogens (tertiary/aromatic N) is 2. The SMILES string of the molecule is CCCCCCCC/C=C/CCCCCCCCNC(=O)n1ccnc1. The van der Waals surface area contributed by atoms with Crippen LogP contribution in [0.2, 0.25) is 0 Å². The standard InChI is InChI=1S/C22H39N3O/c1-2-3-4-5-6-7-8-9-10-11-12-13-14-15-16-17-18-24-22(26)25-20-19-23-21-25/h9-10,19-21H,2-8,11-18H2,1H3,(H,24,26)/b10-9+. The van der Waals surface area contributed by atoms with E-state index in [0.29, 0.717) is 0 Å². The third kappa shape index (κ3) is 12.7. The van der Waals surface area contributed by atoms with Crippen LogP contribution >= 0.6 is 0 Å². The number of hydrogen-bond donors (Lipinski definition) is 1. The fourth-order valence-electron chi connectivity index (χ4n) is 3.04. The third-order valence-electron chi connectivity index (χ3n) is 4.70. The van der Waals surface area contributed by atoms with Crippen molar-refractivity contribution in [1.29, 1.82) is 0 Å². The highest BCUT2D eigenvalue weighted by atomic mass is 16.2. The molecular formula is C22H39N3O. The van der Waals surface area contributed by atoms with Crippen molar-refractivity contribution >= 4 is 6.03 Å². The van der Waals surface area contributed by atoms with Crippen LogP contribution in [0.15, 0.2) is 30.9 Å². The van der Waals surface area contributed by atoms with Crippen molar-refractivity contribution < 1.29 is 4.79 Å². The van der Waals surface area contributed by atoms with E-state index in [4.69, 9.17) is 0 Å². The Morgan fingerprint density at radius 1 is 0.885 bits per heavy atom. The maximum atomic E-state index is 11.7. The monoisotopic (exact) mass is 361 g/mol. The predicted octanol–water partition coefficient (Wildman–Crippen LogP) is 6.48. The fourth-order valence-corrected chi connectivity index (χ4v) is 3.04. The third-order valence-corrected chi connectivity index (χ3v) is 4.70. The van der Waals surface area contributed by atoms with Crippen LogP contribution in [0, 0.1) is 0 Å². The minimum atomic E-state index is -0.0877. The number of amides is 1. The molecule has 0 spiro atoms. The first kappa shape index (κ1) is 22.5. The first-order valence-electron chi connectivity index (χ1n) is 10.8. The number of rotatable bonds is 16. The molecule has 0 aliphatic heterocycles. The highest BCUT2D eigenvalue weighted by Crippen LogP contribution is 2.09. The first-order chi connectivity index (χ1) is 12.8. The summed E-state index contributed by atoms with van der Waals surface area (Å²) in [5.41, 5.74) is 0. The van der Waals surface area contributed by atoms with Gasteiger partial charge in [-0.2, -0.15) is 0 Å². The number of allylic oxidation sites excluding steroid dienone is 2. The molecule has 0 aliphatic rings. The number of hydrogen-bond acceptors (Lipinski definition) is 2. The lowest BCUT2D eigenvalue weighted by molar-refractivity contribution is 0.242. The van der Waals surface area contributed by atoms with Crippen molar-refractivity contribution in [3.8, 4) is 0 Å². The Morgan fingerprint density at radius 2 is 1.46 bits per heavy atom. The Labute approximate surface area is 160 Å². The average Bonchev–Trinajstić information content (AvgIpc) is 3.19. The van der Waals surface area contributed by atoms with Gasteiger partial charge in [0, 0.05) is 18.9 Å². The summed E-state index contributed by atoms with van der Waals surface area (Å²) in [5, 5.41) is 2.91. The largest absolute Gasteiger partial charge is 0.337 e. The van der Waals surface area contributed by atoms with Crippen LogP contribution in [0.3, 0.4) is 0 Å². The lowest BCUT2D eigenvalue weighted by atomic mass is 10.1. The van der Waals surface area contributed by atoms with Gasteiger partial charge in [-0.05, 0) is 32.1 Å². The highest BCUT2D eigenvalue weighted by molar-refractivity contribution is 5.76. The van der Waals surface area contributed by atoms with Crippen molar-refractivity contribution in [3.05, 3.63) is 30.9 Å². The lowest BCUT2D eigenvalue weighted by Crippen LogP contribution is -2.28. The Bertz CT molecular complexity index is 454. The van der Waals surface area contributed by atoms with E-state index in [1.807, 2.05) is 0 Å². The molecule has 0 unspecified atom stereocenters. The van der Waals surface area contributed by atoms with E-state index in [9.17, 15) is 4.79 Å². The van der Waals surface area contributed by atoms with Crippen LogP contribution in [-0.2, 0) is 0 Å². The quantitative estimate of drug-likeness (QED) is 0.270. The van der Waals surface area contributed by atoms with Crippen LogP contribution in [0.5, 0.6) is 0 Å². The Morgan fingerprint density at radius 3 is 2.04 bits per heavy atom. The van der Waals surface area contributed by atoms with Crippen LogP contribution in [-0.4, -0.2) is 22.1 Å². The number of carbonyl (C=O) groups is 1. The second-order valence-corrected chi connectivity index (χ2v) is 7.14. The van der Waals surface area contributed by atoms with E-state index in [-0.39, 0.29) is 6.03 Å².